The average molecular weight is 261 g/mol. The summed E-state index contributed by atoms with van der Waals surface area (Å²) < 4.78 is 0. The Kier molecular flexibility index (Phi) is 4.39. The summed E-state index contributed by atoms with van der Waals surface area (Å²) in [5, 5.41) is 3.08. The van der Waals surface area contributed by atoms with Gasteiger partial charge in [-0.1, -0.05) is 18.2 Å². The van der Waals surface area contributed by atoms with Crippen LogP contribution < -0.4 is 11.1 Å². The Labute approximate surface area is 112 Å². The zero-order chi connectivity index (χ0) is 13.7. The molecule has 1 atom stereocenters. The molecule has 5 nitrogen and oxygen atoms in total. The first-order valence-electron chi connectivity index (χ1n) is 6.53. The number of likely N-dealkylation sites (tertiary alicyclic amines) is 1. The lowest BCUT2D eigenvalue weighted by Gasteiger charge is -2.31. The third kappa shape index (κ3) is 3.71. The lowest BCUT2D eigenvalue weighted by molar-refractivity contribution is -0.133. The highest BCUT2D eigenvalue weighted by molar-refractivity contribution is 5.82. The third-order valence-corrected chi connectivity index (χ3v) is 3.39. The Bertz CT molecular complexity index is 447. The van der Waals surface area contributed by atoms with Gasteiger partial charge in [0.15, 0.2) is 0 Å². The number of para-hydroxylation sites is 1. The maximum atomic E-state index is 12.1. The Balaban J connectivity index is 1.84. The van der Waals surface area contributed by atoms with Crippen molar-refractivity contribution in [2.24, 2.45) is 11.7 Å². The molecule has 0 aromatic heterocycles. The van der Waals surface area contributed by atoms with Crippen LogP contribution in [-0.2, 0) is 9.59 Å². The second kappa shape index (κ2) is 6.22. The van der Waals surface area contributed by atoms with Gasteiger partial charge in [0.25, 0.3) is 0 Å². The third-order valence-electron chi connectivity index (χ3n) is 3.39. The number of carbonyl (C=O) groups is 2. The minimum Gasteiger partial charge on any atom is -0.376 e. The molecule has 1 aliphatic rings. The highest BCUT2D eigenvalue weighted by atomic mass is 16.2. The average Bonchev–Trinajstić information content (AvgIpc) is 2.46. The van der Waals surface area contributed by atoms with Crippen molar-refractivity contribution in [3.8, 4) is 0 Å². The number of hydrogen-bond donors (Lipinski definition) is 2. The summed E-state index contributed by atoms with van der Waals surface area (Å²) >= 11 is 0. The standard InChI is InChI=1S/C14H19N3O2/c15-14(19)11-5-4-8-17(10-11)13(18)9-16-12-6-2-1-3-7-12/h1-3,6-7,11,16H,4-5,8-10H2,(H2,15,19)/t11-/m0/s1. The molecule has 0 spiro atoms. The molecule has 1 aromatic carbocycles. The van der Waals surface area contributed by atoms with Crippen LogP contribution in [0.25, 0.3) is 0 Å². The molecular weight excluding hydrogens is 242 g/mol. The van der Waals surface area contributed by atoms with E-state index in [0.29, 0.717) is 13.1 Å². The van der Waals surface area contributed by atoms with E-state index in [-0.39, 0.29) is 24.3 Å². The fourth-order valence-corrected chi connectivity index (χ4v) is 2.28. The number of piperidine rings is 1. The van der Waals surface area contributed by atoms with Gasteiger partial charge >= 0.3 is 0 Å². The van der Waals surface area contributed by atoms with Crippen molar-refractivity contribution in [3.05, 3.63) is 30.3 Å². The van der Waals surface area contributed by atoms with E-state index in [2.05, 4.69) is 5.32 Å². The molecule has 19 heavy (non-hydrogen) atoms. The van der Waals surface area contributed by atoms with E-state index in [1.54, 1.807) is 4.90 Å². The van der Waals surface area contributed by atoms with Crippen molar-refractivity contribution in [1.29, 1.82) is 0 Å². The first-order chi connectivity index (χ1) is 9.16. The summed E-state index contributed by atoms with van der Waals surface area (Å²) in [6.07, 6.45) is 1.62. The summed E-state index contributed by atoms with van der Waals surface area (Å²) in [6.45, 7) is 1.40. The maximum Gasteiger partial charge on any atom is 0.241 e. The number of benzene rings is 1. The summed E-state index contributed by atoms with van der Waals surface area (Å²) in [5.41, 5.74) is 6.22. The summed E-state index contributed by atoms with van der Waals surface area (Å²) in [5.74, 6) is -0.502. The van der Waals surface area contributed by atoms with Crippen molar-refractivity contribution >= 4 is 17.5 Å². The molecule has 5 heteroatoms. The lowest BCUT2D eigenvalue weighted by atomic mass is 9.97. The van der Waals surface area contributed by atoms with Crippen molar-refractivity contribution in [2.45, 2.75) is 12.8 Å². The normalized spacial score (nSPS) is 18.9. The van der Waals surface area contributed by atoms with Crippen LogP contribution in [-0.4, -0.2) is 36.3 Å². The van der Waals surface area contributed by atoms with Gasteiger partial charge in [-0.15, -0.1) is 0 Å². The minimum atomic E-state index is -0.312. The smallest absolute Gasteiger partial charge is 0.241 e. The van der Waals surface area contributed by atoms with Crippen molar-refractivity contribution < 1.29 is 9.59 Å². The Morgan fingerprint density at radius 1 is 1.32 bits per heavy atom. The number of amides is 2. The van der Waals surface area contributed by atoms with Crippen LogP contribution in [0.5, 0.6) is 0 Å². The lowest BCUT2D eigenvalue weighted by Crippen LogP contribution is -2.45. The monoisotopic (exact) mass is 261 g/mol. The summed E-state index contributed by atoms with van der Waals surface area (Å²) in [7, 11) is 0. The summed E-state index contributed by atoms with van der Waals surface area (Å²) in [6, 6.07) is 9.58. The maximum absolute atomic E-state index is 12.1. The van der Waals surface area contributed by atoms with Crippen LogP contribution in [0.3, 0.4) is 0 Å². The van der Waals surface area contributed by atoms with E-state index in [9.17, 15) is 9.59 Å². The number of nitrogens with zero attached hydrogens (tertiary/aromatic N) is 1. The highest BCUT2D eigenvalue weighted by Gasteiger charge is 2.26. The molecule has 0 unspecified atom stereocenters. The Hall–Kier alpha value is -2.04. The molecule has 1 saturated heterocycles. The first-order valence-corrected chi connectivity index (χ1v) is 6.53. The number of nitrogens with one attached hydrogen (secondary N) is 1. The van der Waals surface area contributed by atoms with Crippen molar-refractivity contribution in [3.63, 3.8) is 0 Å². The molecule has 1 aliphatic heterocycles. The second-order valence-corrected chi connectivity index (χ2v) is 4.80. The van der Waals surface area contributed by atoms with Crippen LogP contribution >= 0.6 is 0 Å². The van der Waals surface area contributed by atoms with E-state index < -0.39 is 0 Å². The molecule has 2 amide bonds. The van der Waals surface area contributed by atoms with E-state index in [1.807, 2.05) is 30.3 Å². The van der Waals surface area contributed by atoms with Crippen LogP contribution in [0.2, 0.25) is 0 Å². The van der Waals surface area contributed by atoms with Crippen LogP contribution in [0.4, 0.5) is 5.69 Å². The molecule has 2 rings (SSSR count). The number of nitrogens with two attached hydrogens (primary N) is 1. The molecule has 1 fully saturated rings. The molecule has 1 heterocycles. The van der Waals surface area contributed by atoms with Gasteiger partial charge in [-0.05, 0) is 25.0 Å². The molecule has 0 aliphatic carbocycles. The van der Waals surface area contributed by atoms with Gasteiger partial charge in [-0.2, -0.15) is 0 Å². The topological polar surface area (TPSA) is 75.4 Å². The molecule has 1 aromatic rings. The molecular formula is C14H19N3O2. The van der Waals surface area contributed by atoms with E-state index >= 15 is 0 Å². The van der Waals surface area contributed by atoms with Gasteiger partial charge < -0.3 is 16.0 Å². The fourth-order valence-electron chi connectivity index (χ4n) is 2.28. The van der Waals surface area contributed by atoms with E-state index in [4.69, 9.17) is 5.73 Å². The zero-order valence-electron chi connectivity index (χ0n) is 10.8. The largest absolute Gasteiger partial charge is 0.376 e. The van der Waals surface area contributed by atoms with Crippen LogP contribution in [0.15, 0.2) is 30.3 Å². The van der Waals surface area contributed by atoms with Gasteiger partial charge in [-0.3, -0.25) is 9.59 Å². The van der Waals surface area contributed by atoms with E-state index in [0.717, 1.165) is 18.5 Å². The van der Waals surface area contributed by atoms with Gasteiger partial charge in [0, 0.05) is 18.8 Å². The predicted molar refractivity (Wildman–Crippen MR) is 73.4 cm³/mol. The number of primary amides is 1. The van der Waals surface area contributed by atoms with Crippen molar-refractivity contribution in [1.82, 2.24) is 4.90 Å². The Morgan fingerprint density at radius 3 is 2.74 bits per heavy atom. The predicted octanol–water partition coefficient (Wildman–Crippen LogP) is 0.822. The molecule has 102 valence electrons. The first kappa shape index (κ1) is 13.4. The highest BCUT2D eigenvalue weighted by Crippen LogP contribution is 2.16. The zero-order valence-corrected chi connectivity index (χ0v) is 10.8. The molecule has 3 N–H and O–H groups in total. The molecule has 0 radical (unpaired) electrons. The number of anilines is 1. The fraction of sp³-hybridized carbons (Fsp3) is 0.429. The van der Waals surface area contributed by atoms with Crippen LogP contribution in [0.1, 0.15) is 12.8 Å². The number of rotatable bonds is 4. The Morgan fingerprint density at radius 2 is 2.05 bits per heavy atom. The van der Waals surface area contributed by atoms with E-state index in [1.165, 1.54) is 0 Å². The second-order valence-electron chi connectivity index (χ2n) is 4.80. The van der Waals surface area contributed by atoms with Crippen molar-refractivity contribution in [2.75, 3.05) is 25.0 Å². The quantitative estimate of drug-likeness (QED) is 0.842. The summed E-state index contributed by atoms with van der Waals surface area (Å²) in [4.78, 5) is 24.9. The van der Waals surface area contributed by atoms with Gasteiger partial charge in [0.2, 0.25) is 11.8 Å². The number of carbonyl (C=O) groups excluding carboxylic acids is 2. The van der Waals surface area contributed by atoms with Gasteiger partial charge in [-0.25, -0.2) is 0 Å². The molecule has 0 saturated carbocycles. The van der Waals surface area contributed by atoms with Gasteiger partial charge in [0.1, 0.15) is 0 Å². The minimum absolute atomic E-state index is 0.00908. The molecule has 0 bridgehead atoms. The van der Waals surface area contributed by atoms with Crippen LogP contribution in [0, 0.1) is 5.92 Å². The van der Waals surface area contributed by atoms with Gasteiger partial charge in [0.05, 0.1) is 12.5 Å². The SMILES string of the molecule is NC(=O)[C@H]1CCCN(C(=O)CNc2ccccc2)C1. The number of hydrogen-bond acceptors (Lipinski definition) is 3.